The van der Waals surface area contributed by atoms with Crippen molar-refractivity contribution in [2.24, 2.45) is 0 Å². The third-order valence-electron chi connectivity index (χ3n) is 6.11. The molecule has 0 bridgehead atoms. The fraction of sp³-hybridized carbons (Fsp3) is 0.440. The molecule has 2 aromatic rings. The maximum atomic E-state index is 13.4. The number of aliphatic carboxylic acids is 1. The van der Waals surface area contributed by atoms with Gasteiger partial charge >= 0.3 is 5.97 Å². The van der Waals surface area contributed by atoms with E-state index in [4.69, 9.17) is 10.1 Å². The molecular weight excluding hydrogens is 420 g/mol. The number of rotatable bonds is 6. The molecule has 0 fully saturated rings. The quantitative estimate of drug-likeness (QED) is 0.651. The van der Waals surface area contributed by atoms with Crippen LogP contribution in [0.5, 0.6) is 5.75 Å². The third-order valence-corrected chi connectivity index (χ3v) is 6.11. The second kappa shape index (κ2) is 8.50. The summed E-state index contributed by atoms with van der Waals surface area (Å²) in [6.45, 7) is 9.36. The minimum atomic E-state index is -0.931. The highest BCUT2D eigenvalue weighted by atomic mass is 16.5. The topological polar surface area (TPSA) is 107 Å². The molecule has 0 radical (unpaired) electrons. The van der Waals surface area contributed by atoms with Gasteiger partial charge in [-0.15, -0.1) is 0 Å². The molecule has 3 heterocycles. The van der Waals surface area contributed by atoms with Gasteiger partial charge in [-0.2, -0.15) is 0 Å². The van der Waals surface area contributed by atoms with E-state index < -0.39 is 5.97 Å². The number of carbonyl (C=O) groups excluding carboxylic acids is 1. The first-order chi connectivity index (χ1) is 15.6. The molecule has 0 unspecified atom stereocenters. The highest BCUT2D eigenvalue weighted by Gasteiger charge is 2.32. The summed E-state index contributed by atoms with van der Waals surface area (Å²) in [5, 5.41) is 17.9. The van der Waals surface area contributed by atoms with Crippen LogP contribution in [0.15, 0.2) is 24.3 Å². The number of nitrogens with zero attached hydrogens (tertiary/aromatic N) is 3. The van der Waals surface area contributed by atoms with Crippen molar-refractivity contribution in [1.29, 1.82) is 5.41 Å². The molecule has 8 nitrogen and oxygen atoms in total. The van der Waals surface area contributed by atoms with E-state index in [-0.39, 0.29) is 30.1 Å². The minimum absolute atomic E-state index is 0.0544. The second-order valence-corrected chi connectivity index (χ2v) is 9.58. The molecule has 0 saturated heterocycles. The van der Waals surface area contributed by atoms with Gasteiger partial charge in [0.2, 0.25) is 0 Å². The van der Waals surface area contributed by atoms with Gasteiger partial charge in [0.15, 0.2) is 5.78 Å². The number of hydrogen-bond acceptors (Lipinski definition) is 6. The van der Waals surface area contributed by atoms with Crippen LogP contribution in [0.4, 0.5) is 5.69 Å². The number of amidine groups is 1. The lowest BCUT2D eigenvalue weighted by Gasteiger charge is -2.34. The van der Waals surface area contributed by atoms with E-state index in [1.165, 1.54) is 0 Å². The number of hydrogen-bond donors (Lipinski definition) is 2. The summed E-state index contributed by atoms with van der Waals surface area (Å²) in [6, 6.07) is 7.53. The van der Waals surface area contributed by atoms with Gasteiger partial charge in [-0.1, -0.05) is 33.8 Å². The minimum Gasteiger partial charge on any atom is -0.489 e. The molecule has 1 aromatic heterocycles. The third kappa shape index (κ3) is 4.42. The molecule has 2 aliphatic heterocycles. The van der Waals surface area contributed by atoms with Gasteiger partial charge in [0.05, 0.1) is 18.8 Å². The second-order valence-electron chi connectivity index (χ2n) is 9.58. The van der Waals surface area contributed by atoms with Crippen molar-refractivity contribution in [2.45, 2.75) is 46.1 Å². The lowest BCUT2D eigenvalue weighted by atomic mass is 9.84. The Balaban J connectivity index is 1.65. The first-order valence-corrected chi connectivity index (χ1v) is 11.2. The number of carbonyl (C=O) groups is 2. The largest absolute Gasteiger partial charge is 0.489 e. The van der Waals surface area contributed by atoms with Crippen molar-refractivity contribution >= 4 is 23.3 Å². The molecule has 4 rings (SSSR count). The SMILES string of the molecule is CCc1ccc2c(n1)C(=N)N(CC(=O)c1cc3c(c(C(C)(C)C)c1)OCCN3CC(=O)O)C2. The number of fused-ring (bicyclic) bond motifs is 2. The predicted octanol–water partition coefficient (Wildman–Crippen LogP) is 3.25. The Morgan fingerprint density at radius 1 is 1.18 bits per heavy atom. The molecule has 2 N–H and O–H groups in total. The van der Waals surface area contributed by atoms with Crippen LogP contribution in [0.1, 0.15) is 60.6 Å². The van der Waals surface area contributed by atoms with Gasteiger partial charge in [0, 0.05) is 28.9 Å². The number of Topliss-reactive ketones (excluding diaryl/α,β-unsaturated/α-hetero) is 1. The molecule has 33 heavy (non-hydrogen) atoms. The summed E-state index contributed by atoms with van der Waals surface area (Å²) < 4.78 is 5.94. The number of anilines is 1. The number of carboxylic acids is 1. The maximum Gasteiger partial charge on any atom is 0.323 e. The van der Waals surface area contributed by atoms with Gasteiger partial charge in [-0.05, 0) is 30.0 Å². The molecule has 0 spiro atoms. The fourth-order valence-corrected chi connectivity index (χ4v) is 4.32. The van der Waals surface area contributed by atoms with Gasteiger partial charge < -0.3 is 19.6 Å². The van der Waals surface area contributed by atoms with E-state index in [9.17, 15) is 14.7 Å². The number of aryl methyl sites for hydroxylation is 1. The van der Waals surface area contributed by atoms with E-state index in [2.05, 4.69) is 4.98 Å². The van der Waals surface area contributed by atoms with Crippen LogP contribution in [0, 0.1) is 5.41 Å². The van der Waals surface area contributed by atoms with Crippen molar-refractivity contribution in [3.63, 3.8) is 0 Å². The normalized spacial score (nSPS) is 15.2. The Labute approximate surface area is 193 Å². The standard InChI is InChI=1S/C25H30N4O4/c1-5-17-7-6-15-12-29(24(26)22(15)27-17)13-20(30)16-10-18(25(2,3)4)23-19(11-16)28(8-9-33-23)14-21(31)32/h6-7,10-11,26H,5,8-9,12-14H2,1-4H3,(H,31,32). The summed E-state index contributed by atoms with van der Waals surface area (Å²) in [6.07, 6.45) is 0.791. The van der Waals surface area contributed by atoms with Crippen molar-refractivity contribution < 1.29 is 19.4 Å². The summed E-state index contributed by atoms with van der Waals surface area (Å²) in [7, 11) is 0. The van der Waals surface area contributed by atoms with Crippen LogP contribution in [0.3, 0.4) is 0 Å². The van der Waals surface area contributed by atoms with Gasteiger partial charge in [-0.3, -0.25) is 15.0 Å². The number of benzene rings is 1. The number of nitrogens with one attached hydrogen (secondary N) is 1. The van der Waals surface area contributed by atoms with Crippen LogP contribution in [0.25, 0.3) is 0 Å². The summed E-state index contributed by atoms with van der Waals surface area (Å²) in [5.41, 5.74) is 4.21. The van der Waals surface area contributed by atoms with Crippen LogP contribution in [-0.4, -0.2) is 58.8 Å². The molecule has 0 aliphatic carbocycles. The Hall–Kier alpha value is -3.42. The van der Waals surface area contributed by atoms with Crippen LogP contribution in [-0.2, 0) is 23.2 Å². The Bertz CT molecular complexity index is 1140. The average Bonchev–Trinajstić information content (AvgIpc) is 3.06. The number of aromatic nitrogens is 1. The summed E-state index contributed by atoms with van der Waals surface area (Å²) in [4.78, 5) is 32.8. The Morgan fingerprint density at radius 3 is 2.61 bits per heavy atom. The number of ketones is 1. The number of pyridine rings is 1. The molecule has 0 amide bonds. The predicted molar refractivity (Wildman–Crippen MR) is 126 cm³/mol. The fourth-order valence-electron chi connectivity index (χ4n) is 4.32. The highest BCUT2D eigenvalue weighted by Crippen LogP contribution is 2.42. The van der Waals surface area contributed by atoms with Crippen molar-refractivity contribution in [3.8, 4) is 5.75 Å². The zero-order valence-electron chi connectivity index (χ0n) is 19.6. The van der Waals surface area contributed by atoms with E-state index >= 15 is 0 Å². The smallest absolute Gasteiger partial charge is 0.323 e. The lowest BCUT2D eigenvalue weighted by Crippen LogP contribution is -2.38. The van der Waals surface area contributed by atoms with Crippen molar-refractivity contribution in [3.05, 3.63) is 52.3 Å². The summed E-state index contributed by atoms with van der Waals surface area (Å²) in [5.74, 6) is -0.154. The molecule has 1 aromatic carbocycles. The van der Waals surface area contributed by atoms with Crippen molar-refractivity contribution in [2.75, 3.05) is 31.1 Å². The zero-order valence-corrected chi connectivity index (χ0v) is 19.6. The van der Waals surface area contributed by atoms with Crippen LogP contribution < -0.4 is 9.64 Å². The molecule has 0 atom stereocenters. The zero-order chi connectivity index (χ0) is 23.9. The molecule has 8 heteroatoms. The number of carboxylic acid groups (broad SMARTS) is 1. The summed E-state index contributed by atoms with van der Waals surface area (Å²) >= 11 is 0. The molecule has 174 valence electrons. The first-order valence-electron chi connectivity index (χ1n) is 11.2. The Kier molecular flexibility index (Phi) is 5.86. The molecule has 2 aliphatic rings. The highest BCUT2D eigenvalue weighted by molar-refractivity contribution is 6.05. The maximum absolute atomic E-state index is 13.4. The van der Waals surface area contributed by atoms with Gasteiger partial charge in [-0.25, -0.2) is 4.98 Å². The number of ether oxygens (including phenoxy) is 1. The van der Waals surface area contributed by atoms with Gasteiger partial charge in [0.1, 0.15) is 30.4 Å². The van der Waals surface area contributed by atoms with Crippen LogP contribution >= 0.6 is 0 Å². The average molecular weight is 451 g/mol. The van der Waals surface area contributed by atoms with E-state index in [1.807, 2.05) is 45.9 Å². The van der Waals surface area contributed by atoms with Gasteiger partial charge in [0.25, 0.3) is 0 Å². The van der Waals surface area contributed by atoms with E-state index in [0.29, 0.717) is 42.4 Å². The molecule has 0 saturated carbocycles. The monoisotopic (exact) mass is 450 g/mol. The van der Waals surface area contributed by atoms with E-state index in [1.54, 1.807) is 15.9 Å². The van der Waals surface area contributed by atoms with Crippen molar-refractivity contribution in [1.82, 2.24) is 9.88 Å². The first kappa shape index (κ1) is 22.8. The van der Waals surface area contributed by atoms with Crippen LogP contribution in [0.2, 0.25) is 0 Å². The Morgan fingerprint density at radius 2 is 1.94 bits per heavy atom. The molecular formula is C25H30N4O4. The van der Waals surface area contributed by atoms with E-state index in [0.717, 1.165) is 23.2 Å². The lowest BCUT2D eigenvalue weighted by molar-refractivity contribution is -0.135.